The molecule has 1 saturated carbocycles. The van der Waals surface area contributed by atoms with Gasteiger partial charge in [-0.05, 0) is 12.8 Å². The third kappa shape index (κ3) is 3.02. The van der Waals surface area contributed by atoms with E-state index < -0.39 is 0 Å². The highest BCUT2D eigenvalue weighted by Gasteiger charge is 2.34. The number of hydrogen-bond acceptors (Lipinski definition) is 3. The summed E-state index contributed by atoms with van der Waals surface area (Å²) >= 11 is 0. The van der Waals surface area contributed by atoms with Crippen LogP contribution in [0.2, 0.25) is 0 Å². The van der Waals surface area contributed by atoms with Crippen LogP contribution in [0.15, 0.2) is 0 Å². The number of carbonyl (C=O) groups is 2. The van der Waals surface area contributed by atoms with Gasteiger partial charge in [-0.25, -0.2) is 0 Å². The van der Waals surface area contributed by atoms with Gasteiger partial charge in [0.15, 0.2) is 0 Å². The van der Waals surface area contributed by atoms with E-state index in [1.165, 1.54) is 6.42 Å². The predicted molar refractivity (Wildman–Crippen MR) is 66.7 cm³/mol. The summed E-state index contributed by atoms with van der Waals surface area (Å²) in [7, 11) is 0. The first-order valence-corrected chi connectivity index (χ1v) is 6.80. The summed E-state index contributed by atoms with van der Waals surface area (Å²) in [6.45, 7) is 1.11. The lowest BCUT2D eigenvalue weighted by atomic mass is 9.74. The molecule has 1 aliphatic carbocycles. The molecule has 0 spiro atoms. The fraction of sp³-hybridized carbons (Fsp3) is 0.846. The summed E-state index contributed by atoms with van der Waals surface area (Å²) in [5.41, 5.74) is -0.135. The minimum Gasteiger partial charge on any atom is -0.396 e. The van der Waals surface area contributed by atoms with Gasteiger partial charge < -0.3 is 15.7 Å². The summed E-state index contributed by atoms with van der Waals surface area (Å²) in [5, 5.41) is 15.1. The average Bonchev–Trinajstić information content (AvgIpc) is 2.84. The normalized spacial score (nSPS) is 26.7. The van der Waals surface area contributed by atoms with Crippen LogP contribution >= 0.6 is 0 Å². The molecular weight excluding hydrogens is 232 g/mol. The van der Waals surface area contributed by atoms with E-state index in [4.69, 9.17) is 0 Å². The van der Waals surface area contributed by atoms with Crippen molar-refractivity contribution in [2.75, 3.05) is 19.7 Å². The molecule has 0 aromatic rings. The molecule has 2 aliphatic rings. The molecule has 2 amide bonds. The van der Waals surface area contributed by atoms with E-state index >= 15 is 0 Å². The molecular formula is C13H22N2O3. The van der Waals surface area contributed by atoms with Crippen LogP contribution in [0, 0.1) is 11.3 Å². The van der Waals surface area contributed by atoms with Crippen LogP contribution in [-0.4, -0.2) is 36.6 Å². The Morgan fingerprint density at radius 3 is 2.67 bits per heavy atom. The highest BCUT2D eigenvalue weighted by molar-refractivity contribution is 5.89. The van der Waals surface area contributed by atoms with Crippen molar-refractivity contribution in [3.05, 3.63) is 0 Å². The fourth-order valence-electron chi connectivity index (χ4n) is 2.90. The number of nitrogens with one attached hydrogen (secondary N) is 2. The summed E-state index contributed by atoms with van der Waals surface area (Å²) in [6.07, 6.45) is 5.71. The lowest BCUT2D eigenvalue weighted by Crippen LogP contribution is -2.43. The monoisotopic (exact) mass is 254 g/mol. The maximum absolute atomic E-state index is 11.9. The Hall–Kier alpha value is -1.10. The molecule has 0 bridgehead atoms. The van der Waals surface area contributed by atoms with Crippen molar-refractivity contribution in [2.45, 2.75) is 38.5 Å². The van der Waals surface area contributed by atoms with Gasteiger partial charge in [-0.15, -0.1) is 0 Å². The fourth-order valence-corrected chi connectivity index (χ4v) is 2.90. The zero-order chi connectivity index (χ0) is 13.0. The second-order valence-electron chi connectivity index (χ2n) is 5.64. The zero-order valence-corrected chi connectivity index (χ0v) is 10.7. The first kappa shape index (κ1) is 13.3. The van der Waals surface area contributed by atoms with Crippen LogP contribution < -0.4 is 10.6 Å². The van der Waals surface area contributed by atoms with Crippen molar-refractivity contribution in [2.24, 2.45) is 11.3 Å². The summed E-state index contributed by atoms with van der Waals surface area (Å²) in [4.78, 5) is 23.0. The Morgan fingerprint density at radius 2 is 2.11 bits per heavy atom. The molecule has 1 aliphatic heterocycles. The molecule has 2 rings (SSSR count). The van der Waals surface area contributed by atoms with Crippen LogP contribution in [0.1, 0.15) is 38.5 Å². The van der Waals surface area contributed by atoms with Crippen LogP contribution in [0.5, 0.6) is 0 Å². The molecule has 3 N–H and O–H groups in total. The number of rotatable bonds is 4. The SMILES string of the molecule is O=C1CC(C(=O)NCC2(CO)CCCCC2)CN1. The van der Waals surface area contributed by atoms with Crippen LogP contribution in [-0.2, 0) is 9.59 Å². The average molecular weight is 254 g/mol. The molecule has 18 heavy (non-hydrogen) atoms. The van der Waals surface area contributed by atoms with Gasteiger partial charge in [0, 0.05) is 24.9 Å². The van der Waals surface area contributed by atoms with Crippen molar-refractivity contribution in [1.82, 2.24) is 10.6 Å². The molecule has 0 aromatic carbocycles. The Kier molecular flexibility index (Phi) is 4.22. The molecule has 0 aromatic heterocycles. The second-order valence-corrected chi connectivity index (χ2v) is 5.64. The van der Waals surface area contributed by atoms with E-state index in [0.29, 0.717) is 13.1 Å². The van der Waals surface area contributed by atoms with Gasteiger partial charge in [0.05, 0.1) is 12.5 Å². The van der Waals surface area contributed by atoms with Gasteiger partial charge >= 0.3 is 0 Å². The molecule has 2 fully saturated rings. The van der Waals surface area contributed by atoms with Gasteiger partial charge in [-0.1, -0.05) is 19.3 Å². The summed E-state index contributed by atoms with van der Waals surface area (Å²) < 4.78 is 0. The molecule has 102 valence electrons. The van der Waals surface area contributed by atoms with E-state index in [-0.39, 0.29) is 36.2 Å². The Labute approximate surface area is 107 Å². The van der Waals surface area contributed by atoms with Gasteiger partial charge in [-0.2, -0.15) is 0 Å². The highest BCUT2D eigenvalue weighted by atomic mass is 16.3. The smallest absolute Gasteiger partial charge is 0.225 e. The third-order valence-electron chi connectivity index (χ3n) is 4.24. The van der Waals surface area contributed by atoms with Crippen molar-refractivity contribution in [3.63, 3.8) is 0 Å². The molecule has 5 nitrogen and oxygen atoms in total. The molecule has 0 radical (unpaired) electrons. The Bertz CT molecular complexity index is 324. The number of amides is 2. The number of aliphatic hydroxyl groups excluding tert-OH is 1. The first-order valence-electron chi connectivity index (χ1n) is 6.80. The topological polar surface area (TPSA) is 78.4 Å². The van der Waals surface area contributed by atoms with Gasteiger partial charge in [-0.3, -0.25) is 9.59 Å². The van der Waals surface area contributed by atoms with Gasteiger partial charge in [0.2, 0.25) is 11.8 Å². The quantitative estimate of drug-likeness (QED) is 0.669. The predicted octanol–water partition coefficient (Wildman–Crippen LogP) is 0.181. The van der Waals surface area contributed by atoms with Crippen LogP contribution in [0.25, 0.3) is 0 Å². The van der Waals surface area contributed by atoms with Gasteiger partial charge in [0.25, 0.3) is 0 Å². The van der Waals surface area contributed by atoms with E-state index in [2.05, 4.69) is 10.6 Å². The minimum atomic E-state index is -0.239. The van der Waals surface area contributed by atoms with Crippen LogP contribution in [0.4, 0.5) is 0 Å². The van der Waals surface area contributed by atoms with E-state index in [9.17, 15) is 14.7 Å². The van der Waals surface area contributed by atoms with Crippen molar-refractivity contribution >= 4 is 11.8 Å². The molecule has 1 saturated heterocycles. The zero-order valence-electron chi connectivity index (χ0n) is 10.7. The molecule has 5 heteroatoms. The summed E-state index contributed by atoms with van der Waals surface area (Å²) in [5.74, 6) is -0.353. The standard InChI is InChI=1S/C13H22N2O3/c16-9-13(4-2-1-3-5-13)8-15-12(18)10-6-11(17)14-7-10/h10,16H,1-9H2,(H,14,17)(H,15,18). The Morgan fingerprint density at radius 1 is 1.39 bits per heavy atom. The maximum Gasteiger partial charge on any atom is 0.225 e. The van der Waals surface area contributed by atoms with Crippen LogP contribution in [0.3, 0.4) is 0 Å². The molecule has 1 atom stereocenters. The Balaban J connectivity index is 1.82. The van der Waals surface area contributed by atoms with E-state index in [0.717, 1.165) is 25.7 Å². The number of hydrogen-bond donors (Lipinski definition) is 3. The van der Waals surface area contributed by atoms with Crippen molar-refractivity contribution < 1.29 is 14.7 Å². The third-order valence-corrected chi connectivity index (χ3v) is 4.24. The highest BCUT2D eigenvalue weighted by Crippen LogP contribution is 2.35. The maximum atomic E-state index is 11.9. The lowest BCUT2D eigenvalue weighted by molar-refractivity contribution is -0.127. The first-order chi connectivity index (χ1) is 8.65. The largest absolute Gasteiger partial charge is 0.396 e. The second kappa shape index (κ2) is 5.69. The molecule has 1 unspecified atom stereocenters. The number of aliphatic hydroxyl groups is 1. The number of carbonyl (C=O) groups excluding carboxylic acids is 2. The van der Waals surface area contributed by atoms with Crippen molar-refractivity contribution in [3.8, 4) is 0 Å². The summed E-state index contributed by atoms with van der Waals surface area (Å²) in [6, 6.07) is 0. The van der Waals surface area contributed by atoms with E-state index in [1.807, 2.05) is 0 Å². The van der Waals surface area contributed by atoms with Crippen molar-refractivity contribution in [1.29, 1.82) is 0 Å². The molecule has 1 heterocycles. The lowest BCUT2D eigenvalue weighted by Gasteiger charge is -2.35. The van der Waals surface area contributed by atoms with E-state index in [1.54, 1.807) is 0 Å². The minimum absolute atomic E-state index is 0.0512. The van der Waals surface area contributed by atoms with Gasteiger partial charge in [0.1, 0.15) is 0 Å².